The topological polar surface area (TPSA) is 63.2 Å². The van der Waals surface area contributed by atoms with Crippen molar-refractivity contribution in [2.45, 2.75) is 17.4 Å². The fourth-order valence-corrected chi connectivity index (χ4v) is 2.19. The van der Waals surface area contributed by atoms with Crippen molar-refractivity contribution in [2.24, 2.45) is 0 Å². The molecule has 0 aliphatic rings. The van der Waals surface area contributed by atoms with Gasteiger partial charge in [-0.05, 0) is 30.2 Å². The van der Waals surface area contributed by atoms with Crippen LogP contribution >= 0.6 is 0 Å². The van der Waals surface area contributed by atoms with Crippen LogP contribution in [0.4, 0.5) is 4.39 Å². The number of nitrogens with one attached hydrogen (secondary N) is 1. The maximum atomic E-state index is 12.8. The van der Waals surface area contributed by atoms with Crippen molar-refractivity contribution in [3.63, 3.8) is 0 Å². The molecule has 0 saturated heterocycles. The molecular formula is C13H16FNO3S. The van der Waals surface area contributed by atoms with E-state index in [0.717, 1.165) is 17.9 Å². The monoisotopic (exact) mass is 285 g/mol. The highest BCUT2D eigenvalue weighted by Crippen LogP contribution is 2.12. The highest BCUT2D eigenvalue weighted by molar-refractivity contribution is 7.90. The van der Waals surface area contributed by atoms with Gasteiger partial charge in [0.15, 0.2) is 9.84 Å². The molecule has 0 bridgehead atoms. The lowest BCUT2D eigenvalue weighted by Gasteiger charge is -2.14. The summed E-state index contributed by atoms with van der Waals surface area (Å²) >= 11 is 0. The number of carbonyl (C=O) groups excluding carboxylic acids is 1. The number of sulfone groups is 1. The van der Waals surface area contributed by atoms with Crippen molar-refractivity contribution in [3.8, 4) is 0 Å². The van der Waals surface area contributed by atoms with Crippen molar-refractivity contribution < 1.29 is 17.6 Å². The minimum absolute atomic E-state index is 0.211. The molecule has 0 aliphatic carbocycles. The Morgan fingerprint density at radius 1 is 1.42 bits per heavy atom. The van der Waals surface area contributed by atoms with Gasteiger partial charge in [-0.3, -0.25) is 4.79 Å². The van der Waals surface area contributed by atoms with Gasteiger partial charge >= 0.3 is 0 Å². The van der Waals surface area contributed by atoms with Crippen molar-refractivity contribution in [3.05, 3.63) is 42.5 Å². The molecule has 0 radical (unpaired) electrons. The van der Waals surface area contributed by atoms with Crippen LogP contribution in [0.5, 0.6) is 0 Å². The van der Waals surface area contributed by atoms with Crippen LogP contribution in [0.3, 0.4) is 0 Å². The molecule has 0 aliphatic heterocycles. The van der Waals surface area contributed by atoms with Crippen LogP contribution in [-0.2, 0) is 21.1 Å². The molecule has 0 aromatic heterocycles. The molecule has 1 N–H and O–H groups in total. The Morgan fingerprint density at radius 3 is 2.42 bits per heavy atom. The van der Waals surface area contributed by atoms with Crippen LogP contribution < -0.4 is 5.32 Å². The lowest BCUT2D eigenvalue weighted by molar-refractivity contribution is -0.117. The van der Waals surface area contributed by atoms with Crippen molar-refractivity contribution >= 4 is 15.7 Å². The molecule has 0 spiro atoms. The third-order valence-electron chi connectivity index (χ3n) is 2.55. The molecular weight excluding hydrogens is 269 g/mol. The van der Waals surface area contributed by atoms with Gasteiger partial charge in [-0.15, -0.1) is 0 Å². The number of hydrogen-bond acceptors (Lipinski definition) is 3. The van der Waals surface area contributed by atoms with E-state index in [1.807, 2.05) is 0 Å². The van der Waals surface area contributed by atoms with Crippen LogP contribution in [0, 0.1) is 0 Å². The lowest BCUT2D eigenvalue weighted by Crippen LogP contribution is -2.36. The van der Waals surface area contributed by atoms with Gasteiger partial charge in [0.1, 0.15) is 6.67 Å². The van der Waals surface area contributed by atoms with E-state index in [1.165, 1.54) is 12.1 Å². The SMILES string of the molecule is C=CC(=O)N[C@H](CF)Cc1ccc(S(C)(=O)=O)cc1. The Bertz CT molecular complexity index is 552. The quantitative estimate of drug-likeness (QED) is 0.801. The van der Waals surface area contributed by atoms with Crippen LogP contribution in [0.15, 0.2) is 41.8 Å². The molecule has 0 fully saturated rings. The number of amides is 1. The van der Waals surface area contributed by atoms with E-state index >= 15 is 0 Å². The zero-order valence-corrected chi connectivity index (χ0v) is 11.4. The Balaban J connectivity index is 2.76. The summed E-state index contributed by atoms with van der Waals surface area (Å²) in [6.45, 7) is 2.59. The van der Waals surface area contributed by atoms with Gasteiger partial charge in [-0.25, -0.2) is 12.8 Å². The summed E-state index contributed by atoms with van der Waals surface area (Å²) in [6, 6.07) is 5.51. The van der Waals surface area contributed by atoms with E-state index in [-0.39, 0.29) is 4.90 Å². The second-order valence-electron chi connectivity index (χ2n) is 4.18. The van der Waals surface area contributed by atoms with Gasteiger partial charge in [0.25, 0.3) is 0 Å². The molecule has 6 heteroatoms. The Labute approximate surface area is 112 Å². The van der Waals surface area contributed by atoms with Crippen molar-refractivity contribution in [1.82, 2.24) is 5.32 Å². The average molecular weight is 285 g/mol. The fourth-order valence-electron chi connectivity index (χ4n) is 1.56. The summed E-state index contributed by atoms with van der Waals surface area (Å²) in [7, 11) is -3.23. The van der Waals surface area contributed by atoms with E-state index in [1.54, 1.807) is 12.1 Å². The van der Waals surface area contributed by atoms with E-state index in [2.05, 4.69) is 11.9 Å². The maximum Gasteiger partial charge on any atom is 0.243 e. The molecule has 0 heterocycles. The summed E-state index contributed by atoms with van der Waals surface area (Å²) in [5, 5.41) is 2.46. The first-order valence-corrected chi connectivity index (χ1v) is 7.54. The zero-order chi connectivity index (χ0) is 14.5. The highest BCUT2D eigenvalue weighted by atomic mass is 32.2. The first-order valence-electron chi connectivity index (χ1n) is 5.64. The number of hydrogen-bond donors (Lipinski definition) is 1. The first-order chi connectivity index (χ1) is 8.86. The van der Waals surface area contributed by atoms with E-state index in [4.69, 9.17) is 0 Å². The largest absolute Gasteiger partial charge is 0.347 e. The lowest BCUT2D eigenvalue weighted by atomic mass is 10.1. The molecule has 0 saturated carbocycles. The van der Waals surface area contributed by atoms with Gasteiger partial charge in [-0.2, -0.15) is 0 Å². The molecule has 1 aromatic rings. The van der Waals surface area contributed by atoms with Crippen LogP contribution in [0.2, 0.25) is 0 Å². The van der Waals surface area contributed by atoms with Crippen molar-refractivity contribution in [1.29, 1.82) is 0 Å². The summed E-state index contributed by atoms with van der Waals surface area (Å²) in [5.74, 6) is -0.435. The van der Waals surface area contributed by atoms with Crippen LogP contribution in [0.25, 0.3) is 0 Å². The summed E-state index contributed by atoms with van der Waals surface area (Å²) < 4.78 is 35.3. The van der Waals surface area contributed by atoms with E-state index in [9.17, 15) is 17.6 Å². The Hall–Kier alpha value is -1.69. The smallest absolute Gasteiger partial charge is 0.243 e. The summed E-state index contributed by atoms with van der Waals surface area (Å²) in [5.41, 5.74) is 0.749. The van der Waals surface area contributed by atoms with Gasteiger partial charge in [0.2, 0.25) is 5.91 Å². The minimum atomic E-state index is -3.23. The molecule has 0 unspecified atom stereocenters. The minimum Gasteiger partial charge on any atom is -0.347 e. The number of halogens is 1. The number of rotatable bonds is 6. The predicted octanol–water partition coefficient (Wildman–Crippen LogP) is 1.27. The van der Waals surface area contributed by atoms with Gasteiger partial charge in [-0.1, -0.05) is 18.7 Å². The Morgan fingerprint density at radius 2 is 2.00 bits per heavy atom. The summed E-state index contributed by atoms with van der Waals surface area (Å²) in [4.78, 5) is 11.3. The molecule has 1 aromatic carbocycles. The highest BCUT2D eigenvalue weighted by Gasteiger charge is 2.12. The molecule has 1 atom stereocenters. The van der Waals surface area contributed by atoms with Gasteiger partial charge in [0.05, 0.1) is 10.9 Å². The van der Waals surface area contributed by atoms with E-state index in [0.29, 0.717) is 6.42 Å². The second-order valence-corrected chi connectivity index (χ2v) is 6.20. The van der Waals surface area contributed by atoms with Gasteiger partial charge in [0, 0.05) is 6.26 Å². The maximum absolute atomic E-state index is 12.8. The van der Waals surface area contributed by atoms with E-state index < -0.39 is 28.5 Å². The number of benzene rings is 1. The average Bonchev–Trinajstić information content (AvgIpc) is 2.37. The predicted molar refractivity (Wildman–Crippen MR) is 71.4 cm³/mol. The fraction of sp³-hybridized carbons (Fsp3) is 0.308. The van der Waals surface area contributed by atoms with Gasteiger partial charge < -0.3 is 5.32 Å². The third-order valence-corrected chi connectivity index (χ3v) is 3.68. The Kier molecular flexibility index (Phi) is 5.23. The first kappa shape index (κ1) is 15.4. The summed E-state index contributed by atoms with van der Waals surface area (Å²) in [6.07, 6.45) is 2.49. The van der Waals surface area contributed by atoms with Crippen LogP contribution in [0.1, 0.15) is 5.56 Å². The van der Waals surface area contributed by atoms with Crippen LogP contribution in [-0.4, -0.2) is 33.3 Å². The molecule has 4 nitrogen and oxygen atoms in total. The zero-order valence-electron chi connectivity index (χ0n) is 10.6. The number of carbonyl (C=O) groups is 1. The molecule has 19 heavy (non-hydrogen) atoms. The standard InChI is InChI=1S/C13H16FNO3S/c1-3-13(16)15-11(9-14)8-10-4-6-12(7-5-10)19(2,17)18/h3-7,11H,1,8-9H2,2H3,(H,15,16)/t11-/m0/s1. The third kappa shape index (κ3) is 4.82. The van der Waals surface area contributed by atoms with Crippen molar-refractivity contribution in [2.75, 3.05) is 12.9 Å². The molecule has 104 valence electrons. The second kappa shape index (κ2) is 6.47. The number of alkyl halides is 1. The molecule has 1 rings (SSSR count). The molecule has 1 amide bonds. The normalized spacial score (nSPS) is 12.7.